The van der Waals surface area contributed by atoms with Crippen LogP contribution < -0.4 is 0 Å². The van der Waals surface area contributed by atoms with Gasteiger partial charge in [0.2, 0.25) is 0 Å². The van der Waals surface area contributed by atoms with Crippen molar-refractivity contribution in [2.24, 2.45) is 0 Å². The molecule has 0 unspecified atom stereocenters. The van der Waals surface area contributed by atoms with E-state index in [0.29, 0.717) is 10.6 Å². The maximum absolute atomic E-state index is 12.5. The Hall–Kier alpha value is -1.49. The lowest BCUT2D eigenvalue weighted by molar-refractivity contribution is -0.132. The number of aryl methyl sites for hydroxylation is 1. The van der Waals surface area contributed by atoms with Crippen LogP contribution >= 0.6 is 11.6 Å². The highest BCUT2D eigenvalue weighted by Gasteiger charge is 2.33. The van der Waals surface area contributed by atoms with Gasteiger partial charge in [-0.25, -0.2) is 4.79 Å². The standard InChI is InChI=1S/C12H10ClF3O2/c13-10-5-2-8(3-6-10)1-4-9(7-11(17)18)12(14,15)16/h2-3,5-7H,1,4H2,(H,17,18)/b9-7+. The molecule has 0 aliphatic carbocycles. The fraction of sp³-hybridized carbons (Fsp3) is 0.250. The average Bonchev–Trinajstić information content (AvgIpc) is 2.24. The van der Waals surface area contributed by atoms with Crippen LogP contribution in [0.5, 0.6) is 0 Å². The maximum Gasteiger partial charge on any atom is 0.412 e. The van der Waals surface area contributed by atoms with E-state index in [4.69, 9.17) is 16.7 Å². The number of aliphatic carboxylic acids is 1. The first-order chi connectivity index (χ1) is 8.29. The zero-order chi connectivity index (χ0) is 13.8. The maximum atomic E-state index is 12.5. The number of carbonyl (C=O) groups is 1. The predicted octanol–water partition coefficient (Wildman–Crippen LogP) is 3.85. The summed E-state index contributed by atoms with van der Waals surface area (Å²) < 4.78 is 37.5. The summed E-state index contributed by atoms with van der Waals surface area (Å²) in [7, 11) is 0. The Balaban J connectivity index is 2.74. The minimum absolute atomic E-state index is 0.107. The second-order valence-electron chi connectivity index (χ2n) is 3.63. The summed E-state index contributed by atoms with van der Waals surface area (Å²) in [6.45, 7) is 0. The topological polar surface area (TPSA) is 37.3 Å². The van der Waals surface area contributed by atoms with Crippen molar-refractivity contribution in [2.75, 3.05) is 0 Å². The van der Waals surface area contributed by atoms with Crippen LogP contribution in [-0.4, -0.2) is 17.3 Å². The molecular formula is C12H10ClF3O2. The SMILES string of the molecule is O=C(O)/C=C(\CCc1ccc(Cl)cc1)C(F)(F)F. The number of rotatable bonds is 4. The van der Waals surface area contributed by atoms with Gasteiger partial charge in [0.05, 0.1) is 0 Å². The van der Waals surface area contributed by atoms with Crippen molar-refractivity contribution < 1.29 is 23.1 Å². The molecule has 98 valence electrons. The Labute approximate surface area is 107 Å². The number of alkyl halides is 3. The van der Waals surface area contributed by atoms with Crippen molar-refractivity contribution in [1.82, 2.24) is 0 Å². The number of carboxylic acid groups (broad SMARTS) is 1. The molecule has 0 heterocycles. The van der Waals surface area contributed by atoms with E-state index in [1.807, 2.05) is 0 Å². The van der Waals surface area contributed by atoms with Crippen LogP contribution in [0.3, 0.4) is 0 Å². The first-order valence-corrected chi connectivity index (χ1v) is 5.42. The third-order valence-corrected chi connectivity index (χ3v) is 2.51. The monoisotopic (exact) mass is 278 g/mol. The van der Waals surface area contributed by atoms with Crippen LogP contribution in [0.1, 0.15) is 12.0 Å². The first kappa shape index (κ1) is 14.6. The molecule has 0 saturated heterocycles. The van der Waals surface area contributed by atoms with Gasteiger partial charge in [-0.05, 0) is 30.5 Å². The second kappa shape index (κ2) is 5.91. The lowest BCUT2D eigenvalue weighted by Crippen LogP contribution is -2.14. The molecule has 0 saturated carbocycles. The van der Waals surface area contributed by atoms with Gasteiger partial charge in [0.1, 0.15) is 0 Å². The van der Waals surface area contributed by atoms with Crippen molar-refractivity contribution >= 4 is 17.6 Å². The number of allylic oxidation sites excluding steroid dienone is 1. The molecule has 0 bridgehead atoms. The van der Waals surface area contributed by atoms with E-state index < -0.39 is 17.7 Å². The van der Waals surface area contributed by atoms with E-state index >= 15 is 0 Å². The summed E-state index contributed by atoms with van der Waals surface area (Å²) >= 11 is 5.65. The summed E-state index contributed by atoms with van der Waals surface area (Å²) in [6.07, 6.45) is -4.69. The Morgan fingerprint density at radius 2 is 1.83 bits per heavy atom. The Morgan fingerprint density at radius 1 is 1.28 bits per heavy atom. The molecule has 1 aromatic carbocycles. The minimum Gasteiger partial charge on any atom is -0.478 e. The number of hydrogen-bond acceptors (Lipinski definition) is 1. The molecule has 0 spiro atoms. The van der Waals surface area contributed by atoms with E-state index in [2.05, 4.69) is 0 Å². The van der Waals surface area contributed by atoms with E-state index in [-0.39, 0.29) is 18.9 Å². The van der Waals surface area contributed by atoms with Crippen LogP contribution in [-0.2, 0) is 11.2 Å². The van der Waals surface area contributed by atoms with Gasteiger partial charge in [-0.2, -0.15) is 13.2 Å². The average molecular weight is 279 g/mol. The fourth-order valence-electron chi connectivity index (χ4n) is 1.37. The zero-order valence-corrected chi connectivity index (χ0v) is 9.92. The number of benzene rings is 1. The molecule has 0 aliphatic rings. The second-order valence-corrected chi connectivity index (χ2v) is 4.07. The molecule has 1 rings (SSSR count). The largest absolute Gasteiger partial charge is 0.478 e. The number of carboxylic acids is 1. The Bertz CT molecular complexity index is 449. The molecule has 0 aromatic heterocycles. The molecule has 6 heteroatoms. The highest BCUT2D eigenvalue weighted by molar-refractivity contribution is 6.30. The normalized spacial score (nSPS) is 12.6. The molecule has 0 atom stereocenters. The molecule has 0 aliphatic heterocycles. The van der Waals surface area contributed by atoms with E-state index in [0.717, 1.165) is 0 Å². The quantitative estimate of drug-likeness (QED) is 0.850. The van der Waals surface area contributed by atoms with Gasteiger partial charge in [0, 0.05) is 16.7 Å². The van der Waals surface area contributed by atoms with Crippen molar-refractivity contribution in [3.63, 3.8) is 0 Å². The summed E-state index contributed by atoms with van der Waals surface area (Å²) in [5, 5.41) is 8.88. The lowest BCUT2D eigenvalue weighted by Gasteiger charge is -2.10. The van der Waals surface area contributed by atoms with Crippen molar-refractivity contribution in [2.45, 2.75) is 19.0 Å². The number of halogens is 4. The van der Waals surface area contributed by atoms with Crippen molar-refractivity contribution in [3.8, 4) is 0 Å². The van der Waals surface area contributed by atoms with Crippen LogP contribution in [0.4, 0.5) is 13.2 Å². The third-order valence-electron chi connectivity index (χ3n) is 2.26. The third kappa shape index (κ3) is 4.79. The molecule has 0 fully saturated rings. The molecule has 0 radical (unpaired) electrons. The summed E-state index contributed by atoms with van der Waals surface area (Å²) in [6, 6.07) is 6.37. The van der Waals surface area contributed by atoms with Gasteiger partial charge in [-0.1, -0.05) is 23.7 Å². The van der Waals surface area contributed by atoms with Gasteiger partial charge < -0.3 is 5.11 Å². The molecule has 0 amide bonds. The summed E-state index contributed by atoms with van der Waals surface area (Å²) in [4.78, 5) is 10.3. The van der Waals surface area contributed by atoms with E-state index in [1.165, 1.54) is 0 Å². The van der Waals surface area contributed by atoms with Gasteiger partial charge in [-0.15, -0.1) is 0 Å². The minimum atomic E-state index is -4.62. The highest BCUT2D eigenvalue weighted by atomic mass is 35.5. The fourth-order valence-corrected chi connectivity index (χ4v) is 1.50. The Morgan fingerprint density at radius 3 is 2.28 bits per heavy atom. The van der Waals surface area contributed by atoms with Crippen LogP contribution in [0.2, 0.25) is 5.02 Å². The molecule has 2 nitrogen and oxygen atoms in total. The molecule has 1 N–H and O–H groups in total. The lowest BCUT2D eigenvalue weighted by atomic mass is 10.0. The van der Waals surface area contributed by atoms with Crippen LogP contribution in [0, 0.1) is 0 Å². The van der Waals surface area contributed by atoms with Crippen molar-refractivity contribution in [1.29, 1.82) is 0 Å². The van der Waals surface area contributed by atoms with Gasteiger partial charge in [0.15, 0.2) is 0 Å². The summed E-state index contributed by atoms with van der Waals surface area (Å²) in [5.41, 5.74) is -0.384. The van der Waals surface area contributed by atoms with Crippen LogP contribution in [0.25, 0.3) is 0 Å². The first-order valence-electron chi connectivity index (χ1n) is 5.04. The van der Waals surface area contributed by atoms with Gasteiger partial charge >= 0.3 is 12.1 Å². The van der Waals surface area contributed by atoms with Crippen molar-refractivity contribution in [3.05, 3.63) is 46.5 Å². The van der Waals surface area contributed by atoms with Gasteiger partial charge in [-0.3, -0.25) is 0 Å². The molecule has 1 aromatic rings. The zero-order valence-electron chi connectivity index (χ0n) is 9.17. The number of hydrogen-bond donors (Lipinski definition) is 1. The predicted molar refractivity (Wildman–Crippen MR) is 61.5 cm³/mol. The summed E-state index contributed by atoms with van der Waals surface area (Å²) in [5.74, 6) is -1.60. The van der Waals surface area contributed by atoms with E-state index in [9.17, 15) is 18.0 Å². The Kier molecular flexibility index (Phi) is 4.78. The highest BCUT2D eigenvalue weighted by Crippen LogP contribution is 2.29. The smallest absolute Gasteiger partial charge is 0.412 e. The van der Waals surface area contributed by atoms with E-state index in [1.54, 1.807) is 24.3 Å². The van der Waals surface area contributed by atoms with Gasteiger partial charge in [0.25, 0.3) is 0 Å². The van der Waals surface area contributed by atoms with Crippen LogP contribution in [0.15, 0.2) is 35.9 Å². The molecule has 18 heavy (non-hydrogen) atoms. The molecular weight excluding hydrogens is 269 g/mol.